The van der Waals surface area contributed by atoms with Crippen LogP contribution >= 0.6 is 0 Å². The van der Waals surface area contributed by atoms with Crippen LogP contribution in [-0.4, -0.2) is 28.4 Å². The molecule has 1 aliphatic rings. The van der Waals surface area contributed by atoms with Gasteiger partial charge in [0.1, 0.15) is 6.61 Å². The lowest BCUT2D eigenvalue weighted by Gasteiger charge is -2.26. The van der Waals surface area contributed by atoms with Crippen molar-refractivity contribution in [2.45, 2.75) is 38.8 Å². The summed E-state index contributed by atoms with van der Waals surface area (Å²) in [4.78, 5) is 12.5. The molecule has 0 radical (unpaired) electrons. The zero-order valence-corrected chi connectivity index (χ0v) is 16.9. The Bertz CT molecular complexity index is 1000. The Balaban J connectivity index is 1.36. The number of hydrogen-bond acceptors (Lipinski definition) is 4. The number of fused-ring (bicyclic) bond motifs is 1. The molecular weight excluding hydrogens is 366 g/mol. The highest BCUT2D eigenvalue weighted by molar-refractivity contribution is 6.04. The first kappa shape index (κ1) is 19.1. The molecule has 0 spiro atoms. The van der Waals surface area contributed by atoms with Gasteiger partial charge in [-0.3, -0.25) is 9.48 Å². The maximum atomic E-state index is 12.5. The van der Waals surface area contributed by atoms with E-state index in [0.29, 0.717) is 24.4 Å². The van der Waals surface area contributed by atoms with Gasteiger partial charge in [-0.15, -0.1) is 0 Å². The third kappa shape index (κ3) is 4.42. The molecule has 1 amide bonds. The Labute approximate surface area is 170 Å². The lowest BCUT2D eigenvalue weighted by molar-refractivity contribution is 0.0759. The maximum Gasteiger partial charge on any atom is 0.255 e. The third-order valence-electron chi connectivity index (χ3n) is 4.86. The zero-order valence-electron chi connectivity index (χ0n) is 16.9. The first-order chi connectivity index (χ1) is 13.9. The highest BCUT2D eigenvalue weighted by Gasteiger charge is 2.21. The van der Waals surface area contributed by atoms with Gasteiger partial charge in [0.25, 0.3) is 5.91 Å². The second-order valence-corrected chi connectivity index (χ2v) is 8.23. The molecule has 4 rings (SSSR count). The highest BCUT2D eigenvalue weighted by atomic mass is 16.6. The molecular formula is C23H25N3O3. The van der Waals surface area contributed by atoms with Crippen molar-refractivity contribution in [3.05, 3.63) is 72.1 Å². The molecule has 2 aromatic carbocycles. The van der Waals surface area contributed by atoms with Crippen molar-refractivity contribution in [3.8, 4) is 11.5 Å². The Kier molecular flexibility index (Phi) is 5.01. The fourth-order valence-electron chi connectivity index (χ4n) is 3.21. The Hall–Kier alpha value is -3.28. The van der Waals surface area contributed by atoms with Gasteiger partial charge >= 0.3 is 0 Å². The molecule has 6 heteroatoms. The third-order valence-corrected chi connectivity index (χ3v) is 4.86. The fourth-order valence-corrected chi connectivity index (χ4v) is 3.21. The molecule has 150 valence electrons. The van der Waals surface area contributed by atoms with E-state index < -0.39 is 0 Å². The minimum atomic E-state index is -0.156. The van der Waals surface area contributed by atoms with E-state index in [9.17, 15) is 4.79 Å². The van der Waals surface area contributed by atoms with Gasteiger partial charge in [-0.05, 0) is 35.2 Å². The zero-order chi connectivity index (χ0) is 20.4. The van der Waals surface area contributed by atoms with Crippen LogP contribution in [0.2, 0.25) is 0 Å². The van der Waals surface area contributed by atoms with E-state index in [4.69, 9.17) is 9.47 Å². The van der Waals surface area contributed by atoms with E-state index >= 15 is 0 Å². The van der Waals surface area contributed by atoms with E-state index in [1.807, 2.05) is 48.5 Å². The predicted molar refractivity (Wildman–Crippen MR) is 112 cm³/mol. The molecule has 1 N–H and O–H groups in total. The number of benzene rings is 2. The summed E-state index contributed by atoms with van der Waals surface area (Å²) in [7, 11) is 0. The number of hydrogen-bond donors (Lipinski definition) is 1. The SMILES string of the molecule is CC(C)(C)c1ccc(C(=O)Nc2cnn(CC3COc4ccccc4O3)c2)cc1. The van der Waals surface area contributed by atoms with Gasteiger partial charge in [-0.25, -0.2) is 0 Å². The second-order valence-electron chi connectivity index (χ2n) is 8.23. The molecule has 1 atom stereocenters. The van der Waals surface area contributed by atoms with Crippen molar-refractivity contribution in [1.29, 1.82) is 0 Å². The number of carbonyl (C=O) groups excluding carboxylic acids is 1. The fraction of sp³-hybridized carbons (Fsp3) is 0.304. The lowest BCUT2D eigenvalue weighted by atomic mass is 9.87. The molecule has 0 aliphatic carbocycles. The Morgan fingerprint density at radius 1 is 1.14 bits per heavy atom. The molecule has 1 aromatic heterocycles. The van der Waals surface area contributed by atoms with Crippen molar-refractivity contribution in [2.75, 3.05) is 11.9 Å². The summed E-state index contributed by atoms with van der Waals surface area (Å²) >= 11 is 0. The van der Waals surface area contributed by atoms with Crippen molar-refractivity contribution in [3.63, 3.8) is 0 Å². The summed E-state index contributed by atoms with van der Waals surface area (Å²) in [5.41, 5.74) is 2.51. The first-order valence-electron chi connectivity index (χ1n) is 9.71. The molecule has 1 aliphatic heterocycles. The largest absolute Gasteiger partial charge is 0.486 e. The number of rotatable bonds is 4. The van der Waals surface area contributed by atoms with Crippen molar-refractivity contribution >= 4 is 11.6 Å². The van der Waals surface area contributed by atoms with Crippen LogP contribution in [-0.2, 0) is 12.0 Å². The van der Waals surface area contributed by atoms with E-state index in [1.54, 1.807) is 17.1 Å². The van der Waals surface area contributed by atoms with Crippen molar-refractivity contribution < 1.29 is 14.3 Å². The maximum absolute atomic E-state index is 12.5. The standard InChI is InChI=1S/C23H25N3O3/c1-23(2,3)17-10-8-16(9-11-17)22(27)25-18-12-24-26(13-18)14-19-15-28-20-6-4-5-7-21(20)29-19/h4-13,19H,14-15H2,1-3H3,(H,25,27). The second kappa shape index (κ2) is 7.62. The van der Waals surface area contributed by atoms with Crippen LogP contribution in [0.1, 0.15) is 36.7 Å². The summed E-state index contributed by atoms with van der Waals surface area (Å²) in [5.74, 6) is 1.34. The van der Waals surface area contributed by atoms with Gasteiger partial charge in [-0.2, -0.15) is 5.10 Å². The number of nitrogens with zero attached hydrogens (tertiary/aromatic N) is 2. The van der Waals surface area contributed by atoms with Gasteiger partial charge in [0.05, 0.1) is 18.4 Å². The van der Waals surface area contributed by atoms with Crippen LogP contribution in [0.4, 0.5) is 5.69 Å². The smallest absolute Gasteiger partial charge is 0.255 e. The van der Waals surface area contributed by atoms with Gasteiger partial charge in [0.15, 0.2) is 17.6 Å². The summed E-state index contributed by atoms with van der Waals surface area (Å²) in [5, 5.41) is 7.22. The van der Waals surface area contributed by atoms with Gasteiger partial charge in [0.2, 0.25) is 0 Å². The average Bonchev–Trinajstić information content (AvgIpc) is 3.14. The van der Waals surface area contributed by atoms with Crippen LogP contribution in [0.25, 0.3) is 0 Å². The van der Waals surface area contributed by atoms with Crippen LogP contribution < -0.4 is 14.8 Å². The summed E-state index contributed by atoms with van der Waals surface area (Å²) in [6, 6.07) is 15.3. The van der Waals surface area contributed by atoms with Crippen LogP contribution in [0.15, 0.2) is 60.9 Å². The van der Waals surface area contributed by atoms with Gasteiger partial charge in [-0.1, -0.05) is 45.0 Å². The normalized spacial score (nSPS) is 15.8. The molecule has 29 heavy (non-hydrogen) atoms. The molecule has 6 nitrogen and oxygen atoms in total. The number of nitrogens with one attached hydrogen (secondary N) is 1. The van der Waals surface area contributed by atoms with Gasteiger partial charge in [0, 0.05) is 11.8 Å². The Morgan fingerprint density at radius 2 is 1.86 bits per heavy atom. The number of carbonyl (C=O) groups is 1. The number of para-hydroxylation sites is 2. The van der Waals surface area contributed by atoms with Crippen LogP contribution in [0.5, 0.6) is 11.5 Å². The molecule has 0 bridgehead atoms. The molecule has 1 unspecified atom stereocenters. The number of amides is 1. The summed E-state index contributed by atoms with van der Waals surface area (Å²) in [6.07, 6.45) is 3.29. The molecule has 3 aromatic rings. The van der Waals surface area contributed by atoms with E-state index in [1.165, 1.54) is 5.56 Å². The van der Waals surface area contributed by atoms with E-state index in [2.05, 4.69) is 31.2 Å². The average molecular weight is 391 g/mol. The summed E-state index contributed by atoms with van der Waals surface area (Å²) < 4.78 is 13.4. The minimum absolute atomic E-state index is 0.0571. The van der Waals surface area contributed by atoms with E-state index in [-0.39, 0.29) is 17.4 Å². The minimum Gasteiger partial charge on any atom is -0.486 e. The van der Waals surface area contributed by atoms with Crippen molar-refractivity contribution in [1.82, 2.24) is 9.78 Å². The molecule has 2 heterocycles. The first-order valence-corrected chi connectivity index (χ1v) is 9.71. The quantitative estimate of drug-likeness (QED) is 0.721. The highest BCUT2D eigenvalue weighted by Crippen LogP contribution is 2.31. The lowest BCUT2D eigenvalue weighted by Crippen LogP contribution is -2.33. The monoisotopic (exact) mass is 391 g/mol. The van der Waals surface area contributed by atoms with E-state index in [0.717, 1.165) is 11.5 Å². The number of anilines is 1. The molecule has 0 saturated heterocycles. The number of ether oxygens (including phenoxy) is 2. The predicted octanol–water partition coefficient (Wildman–Crippen LogP) is 4.27. The van der Waals surface area contributed by atoms with Crippen LogP contribution in [0.3, 0.4) is 0 Å². The van der Waals surface area contributed by atoms with Crippen molar-refractivity contribution in [2.24, 2.45) is 0 Å². The molecule has 0 saturated carbocycles. The van der Waals surface area contributed by atoms with Gasteiger partial charge < -0.3 is 14.8 Å². The summed E-state index contributed by atoms with van der Waals surface area (Å²) in [6.45, 7) is 7.44. The molecule has 0 fully saturated rings. The topological polar surface area (TPSA) is 65.4 Å². The number of aromatic nitrogens is 2. The van der Waals surface area contributed by atoms with Crippen LogP contribution in [0, 0.1) is 0 Å². The Morgan fingerprint density at radius 3 is 2.59 bits per heavy atom.